The van der Waals surface area contributed by atoms with E-state index < -0.39 is 0 Å². The molecule has 0 amide bonds. The Balaban J connectivity index is 1.98. The van der Waals surface area contributed by atoms with Crippen LogP contribution in [-0.2, 0) is 4.74 Å². The van der Waals surface area contributed by atoms with Crippen molar-refractivity contribution in [1.29, 1.82) is 0 Å². The molecular formula is C12H24N2O. The standard InChI is InChI=1S/C12H24N2O/c1-3-10-11(13)12(9-15-10)5-7-14(4-2)8-6-12/h10-11H,3-9,13H2,1-2H3/t10-,11+/m0/s1. The number of nitrogens with two attached hydrogens (primary N) is 1. The predicted octanol–water partition coefficient (Wildman–Crippen LogP) is 1.22. The van der Waals surface area contributed by atoms with Gasteiger partial charge >= 0.3 is 0 Å². The van der Waals surface area contributed by atoms with Crippen LogP contribution in [0, 0.1) is 5.41 Å². The van der Waals surface area contributed by atoms with Gasteiger partial charge in [0.25, 0.3) is 0 Å². The minimum Gasteiger partial charge on any atom is -0.376 e. The monoisotopic (exact) mass is 212 g/mol. The molecule has 0 unspecified atom stereocenters. The topological polar surface area (TPSA) is 38.5 Å². The van der Waals surface area contributed by atoms with E-state index in [0.29, 0.717) is 11.5 Å². The van der Waals surface area contributed by atoms with Crippen LogP contribution in [0.3, 0.4) is 0 Å². The third-order valence-corrected chi connectivity index (χ3v) is 4.39. The lowest BCUT2D eigenvalue weighted by Gasteiger charge is -2.41. The highest BCUT2D eigenvalue weighted by Crippen LogP contribution is 2.41. The summed E-state index contributed by atoms with van der Waals surface area (Å²) in [6.45, 7) is 8.87. The first-order valence-corrected chi connectivity index (χ1v) is 6.31. The van der Waals surface area contributed by atoms with Gasteiger partial charge in [0.05, 0.1) is 12.7 Å². The van der Waals surface area contributed by atoms with Crippen LogP contribution in [0.5, 0.6) is 0 Å². The van der Waals surface area contributed by atoms with E-state index in [4.69, 9.17) is 10.5 Å². The van der Waals surface area contributed by atoms with Gasteiger partial charge in [-0.25, -0.2) is 0 Å². The van der Waals surface area contributed by atoms with Crippen LogP contribution in [0.1, 0.15) is 33.1 Å². The van der Waals surface area contributed by atoms with Gasteiger partial charge in [-0.05, 0) is 38.9 Å². The van der Waals surface area contributed by atoms with Crippen molar-refractivity contribution in [2.24, 2.45) is 11.1 Å². The van der Waals surface area contributed by atoms with Gasteiger partial charge in [-0.3, -0.25) is 0 Å². The highest BCUT2D eigenvalue weighted by Gasteiger charge is 2.48. The normalized spacial score (nSPS) is 36.2. The molecule has 0 bridgehead atoms. The fourth-order valence-electron chi connectivity index (χ4n) is 3.03. The molecule has 0 radical (unpaired) electrons. The molecule has 0 saturated carbocycles. The summed E-state index contributed by atoms with van der Waals surface area (Å²) < 4.78 is 5.83. The third-order valence-electron chi connectivity index (χ3n) is 4.39. The molecule has 2 aliphatic rings. The average Bonchev–Trinajstić information content (AvgIpc) is 2.58. The fourth-order valence-corrected chi connectivity index (χ4v) is 3.03. The zero-order valence-electron chi connectivity index (χ0n) is 10.0. The Morgan fingerprint density at radius 3 is 2.47 bits per heavy atom. The molecule has 0 aromatic heterocycles. The first-order chi connectivity index (χ1) is 7.22. The van der Waals surface area contributed by atoms with Gasteiger partial charge in [0.2, 0.25) is 0 Å². The van der Waals surface area contributed by atoms with E-state index in [1.165, 1.54) is 32.5 Å². The van der Waals surface area contributed by atoms with Crippen molar-refractivity contribution in [3.8, 4) is 0 Å². The van der Waals surface area contributed by atoms with Crippen LogP contribution < -0.4 is 5.73 Å². The van der Waals surface area contributed by atoms with Crippen LogP contribution in [0.25, 0.3) is 0 Å². The second kappa shape index (κ2) is 4.40. The molecule has 88 valence electrons. The van der Waals surface area contributed by atoms with Gasteiger partial charge in [-0.2, -0.15) is 0 Å². The van der Waals surface area contributed by atoms with E-state index in [-0.39, 0.29) is 6.04 Å². The molecule has 3 nitrogen and oxygen atoms in total. The van der Waals surface area contributed by atoms with Crippen LogP contribution in [-0.4, -0.2) is 43.3 Å². The summed E-state index contributed by atoms with van der Waals surface area (Å²) in [6, 6.07) is 0.265. The number of hydrogen-bond acceptors (Lipinski definition) is 3. The lowest BCUT2D eigenvalue weighted by Crippen LogP contribution is -2.50. The molecule has 15 heavy (non-hydrogen) atoms. The van der Waals surface area contributed by atoms with E-state index in [2.05, 4.69) is 18.7 Å². The van der Waals surface area contributed by atoms with E-state index in [0.717, 1.165) is 13.0 Å². The number of likely N-dealkylation sites (tertiary alicyclic amines) is 1. The molecule has 0 aliphatic carbocycles. The van der Waals surface area contributed by atoms with Gasteiger partial charge in [-0.15, -0.1) is 0 Å². The molecule has 2 fully saturated rings. The molecule has 2 atom stereocenters. The highest BCUT2D eigenvalue weighted by atomic mass is 16.5. The Labute approximate surface area is 93.0 Å². The summed E-state index contributed by atoms with van der Waals surface area (Å²) in [6.07, 6.45) is 3.80. The van der Waals surface area contributed by atoms with Crippen LogP contribution in [0.2, 0.25) is 0 Å². The number of piperidine rings is 1. The fraction of sp³-hybridized carbons (Fsp3) is 1.00. The van der Waals surface area contributed by atoms with Gasteiger partial charge in [0, 0.05) is 11.5 Å². The van der Waals surface area contributed by atoms with Crippen LogP contribution in [0.4, 0.5) is 0 Å². The Kier molecular flexibility index (Phi) is 3.33. The van der Waals surface area contributed by atoms with Crippen molar-refractivity contribution < 1.29 is 4.74 Å². The van der Waals surface area contributed by atoms with E-state index in [1.54, 1.807) is 0 Å². The summed E-state index contributed by atoms with van der Waals surface area (Å²) in [5.74, 6) is 0. The zero-order chi connectivity index (χ0) is 10.9. The molecule has 1 spiro atoms. The largest absolute Gasteiger partial charge is 0.376 e. The summed E-state index contributed by atoms with van der Waals surface area (Å²) in [5.41, 5.74) is 6.64. The minimum atomic E-state index is 0.265. The van der Waals surface area contributed by atoms with Crippen molar-refractivity contribution in [3.63, 3.8) is 0 Å². The third kappa shape index (κ3) is 1.93. The summed E-state index contributed by atoms with van der Waals surface area (Å²) in [7, 11) is 0. The summed E-state index contributed by atoms with van der Waals surface area (Å²) in [4.78, 5) is 2.51. The first kappa shape index (κ1) is 11.4. The van der Waals surface area contributed by atoms with Gasteiger partial charge < -0.3 is 15.4 Å². The quantitative estimate of drug-likeness (QED) is 0.748. The van der Waals surface area contributed by atoms with Crippen molar-refractivity contribution in [3.05, 3.63) is 0 Å². The van der Waals surface area contributed by atoms with Gasteiger partial charge in [0.1, 0.15) is 0 Å². The number of nitrogens with zero attached hydrogens (tertiary/aromatic N) is 1. The maximum absolute atomic E-state index is 6.34. The number of rotatable bonds is 2. The van der Waals surface area contributed by atoms with Gasteiger partial charge in [0.15, 0.2) is 0 Å². The highest BCUT2D eigenvalue weighted by molar-refractivity contribution is 5.01. The lowest BCUT2D eigenvalue weighted by molar-refractivity contribution is 0.0652. The second-order valence-corrected chi connectivity index (χ2v) is 5.08. The maximum Gasteiger partial charge on any atom is 0.0729 e. The van der Waals surface area contributed by atoms with E-state index >= 15 is 0 Å². The van der Waals surface area contributed by atoms with E-state index in [1.807, 2.05) is 0 Å². The molecular weight excluding hydrogens is 188 g/mol. The SMILES string of the molecule is CC[C@@H]1OCC2(CCN(CC)CC2)[C@@H]1N. The molecule has 2 rings (SSSR count). The summed E-state index contributed by atoms with van der Waals surface area (Å²) >= 11 is 0. The van der Waals surface area contributed by atoms with Crippen molar-refractivity contribution >= 4 is 0 Å². The van der Waals surface area contributed by atoms with Crippen LogP contribution in [0.15, 0.2) is 0 Å². The first-order valence-electron chi connectivity index (χ1n) is 6.31. The molecule has 0 aromatic rings. The van der Waals surface area contributed by atoms with Crippen molar-refractivity contribution in [2.45, 2.75) is 45.3 Å². The Bertz CT molecular complexity index is 212. The minimum absolute atomic E-state index is 0.265. The molecule has 3 heteroatoms. The van der Waals surface area contributed by atoms with Crippen LogP contribution >= 0.6 is 0 Å². The van der Waals surface area contributed by atoms with E-state index in [9.17, 15) is 0 Å². The molecule has 2 N–H and O–H groups in total. The number of hydrogen-bond donors (Lipinski definition) is 1. The average molecular weight is 212 g/mol. The molecule has 2 saturated heterocycles. The Morgan fingerprint density at radius 1 is 1.33 bits per heavy atom. The lowest BCUT2D eigenvalue weighted by atomic mass is 9.73. The second-order valence-electron chi connectivity index (χ2n) is 5.08. The Morgan fingerprint density at radius 2 is 2.00 bits per heavy atom. The molecule has 0 aromatic carbocycles. The molecule has 2 heterocycles. The Hall–Kier alpha value is -0.120. The maximum atomic E-state index is 6.34. The smallest absolute Gasteiger partial charge is 0.0729 e. The molecule has 2 aliphatic heterocycles. The predicted molar refractivity (Wildman–Crippen MR) is 61.8 cm³/mol. The zero-order valence-corrected chi connectivity index (χ0v) is 10.0. The van der Waals surface area contributed by atoms with Gasteiger partial charge in [-0.1, -0.05) is 13.8 Å². The summed E-state index contributed by atoms with van der Waals surface area (Å²) in [5, 5.41) is 0. The van der Waals surface area contributed by atoms with Crippen molar-refractivity contribution in [2.75, 3.05) is 26.2 Å². The number of ether oxygens (including phenoxy) is 1. The van der Waals surface area contributed by atoms with Crippen molar-refractivity contribution in [1.82, 2.24) is 4.90 Å².